The highest BCUT2D eigenvalue weighted by molar-refractivity contribution is 5.75. The molecule has 2 aliphatic rings. The molecule has 0 aromatic carbocycles. The van der Waals surface area contributed by atoms with Gasteiger partial charge >= 0.3 is 6.03 Å². The van der Waals surface area contributed by atoms with Crippen LogP contribution >= 0.6 is 0 Å². The van der Waals surface area contributed by atoms with Crippen molar-refractivity contribution in [3.05, 3.63) is 18.7 Å². The Kier molecular flexibility index (Phi) is 3.94. The van der Waals surface area contributed by atoms with Crippen LogP contribution in [-0.4, -0.2) is 39.1 Å². The fourth-order valence-corrected chi connectivity index (χ4v) is 2.81. The normalized spacial score (nSPS) is 19.6. The first-order valence-electron chi connectivity index (χ1n) is 7.77. The maximum absolute atomic E-state index is 12.4. The molecule has 0 radical (unpaired) electrons. The van der Waals surface area contributed by atoms with Crippen LogP contribution in [0.1, 0.15) is 39.0 Å². The number of carbonyl (C=O) groups is 1. The van der Waals surface area contributed by atoms with Gasteiger partial charge in [0.05, 0.1) is 6.33 Å². The quantitative estimate of drug-likeness (QED) is 0.777. The predicted octanol–water partition coefficient (Wildman–Crippen LogP) is 2.25. The summed E-state index contributed by atoms with van der Waals surface area (Å²) >= 11 is 0. The van der Waals surface area contributed by atoms with Crippen molar-refractivity contribution in [2.75, 3.05) is 6.54 Å². The minimum Gasteiger partial charge on any atom is -0.338 e. The Hall–Kier alpha value is -1.52. The number of hydrogen-bond acceptors (Lipinski definition) is 2. The lowest BCUT2D eigenvalue weighted by Gasteiger charge is -2.29. The van der Waals surface area contributed by atoms with Crippen molar-refractivity contribution in [2.45, 2.75) is 57.7 Å². The van der Waals surface area contributed by atoms with E-state index < -0.39 is 0 Å². The molecule has 2 fully saturated rings. The van der Waals surface area contributed by atoms with Crippen molar-refractivity contribution in [1.82, 2.24) is 19.8 Å². The number of imidazole rings is 1. The maximum Gasteiger partial charge on any atom is 0.317 e. The molecule has 110 valence electrons. The number of aryl methyl sites for hydroxylation is 1. The van der Waals surface area contributed by atoms with Gasteiger partial charge in [-0.15, -0.1) is 0 Å². The lowest BCUT2D eigenvalue weighted by atomic mass is 10.2. The van der Waals surface area contributed by atoms with Gasteiger partial charge in [-0.3, -0.25) is 0 Å². The van der Waals surface area contributed by atoms with E-state index in [9.17, 15) is 4.79 Å². The molecule has 5 heteroatoms. The van der Waals surface area contributed by atoms with Crippen molar-refractivity contribution in [1.29, 1.82) is 0 Å². The summed E-state index contributed by atoms with van der Waals surface area (Å²) in [5, 5.41) is 3.08. The third-order valence-corrected chi connectivity index (χ3v) is 4.35. The minimum absolute atomic E-state index is 0.137. The first kappa shape index (κ1) is 13.5. The van der Waals surface area contributed by atoms with Gasteiger partial charge in [0.1, 0.15) is 0 Å². The Morgan fingerprint density at radius 1 is 1.45 bits per heavy atom. The summed E-state index contributed by atoms with van der Waals surface area (Å²) in [5.74, 6) is 0.743. The van der Waals surface area contributed by atoms with Crippen molar-refractivity contribution in [3.8, 4) is 0 Å². The van der Waals surface area contributed by atoms with E-state index in [0.717, 1.165) is 25.4 Å². The van der Waals surface area contributed by atoms with E-state index in [-0.39, 0.29) is 6.03 Å². The van der Waals surface area contributed by atoms with Gasteiger partial charge in [-0.1, -0.05) is 0 Å². The zero-order valence-electron chi connectivity index (χ0n) is 12.2. The molecule has 1 atom stereocenters. The molecule has 0 aliphatic heterocycles. The summed E-state index contributed by atoms with van der Waals surface area (Å²) in [6, 6.07) is 1.05. The number of nitrogens with zero attached hydrogens (tertiary/aromatic N) is 3. The van der Waals surface area contributed by atoms with E-state index >= 15 is 0 Å². The van der Waals surface area contributed by atoms with Gasteiger partial charge in [0.15, 0.2) is 0 Å². The molecular formula is C15H24N4O. The summed E-state index contributed by atoms with van der Waals surface area (Å²) in [4.78, 5) is 18.5. The molecule has 0 spiro atoms. The molecule has 20 heavy (non-hydrogen) atoms. The third-order valence-electron chi connectivity index (χ3n) is 4.35. The summed E-state index contributed by atoms with van der Waals surface area (Å²) in [7, 11) is 0. The van der Waals surface area contributed by atoms with Crippen molar-refractivity contribution in [2.24, 2.45) is 5.92 Å². The first-order chi connectivity index (χ1) is 9.75. The number of carbonyl (C=O) groups excluding carboxylic acids is 1. The van der Waals surface area contributed by atoms with Gasteiger partial charge in [-0.25, -0.2) is 9.78 Å². The van der Waals surface area contributed by atoms with Crippen LogP contribution in [0.4, 0.5) is 4.79 Å². The van der Waals surface area contributed by atoms with Crippen LogP contribution in [0.15, 0.2) is 18.7 Å². The second kappa shape index (κ2) is 5.85. The Labute approximate surface area is 120 Å². The van der Waals surface area contributed by atoms with Crippen LogP contribution in [-0.2, 0) is 6.54 Å². The molecule has 1 N–H and O–H groups in total. The molecule has 2 saturated carbocycles. The number of rotatable bonds is 7. The van der Waals surface area contributed by atoms with Gasteiger partial charge in [-0.2, -0.15) is 0 Å². The fourth-order valence-electron chi connectivity index (χ4n) is 2.81. The minimum atomic E-state index is 0.137. The van der Waals surface area contributed by atoms with Crippen LogP contribution in [0.3, 0.4) is 0 Å². The highest BCUT2D eigenvalue weighted by Gasteiger charge is 2.41. The average molecular weight is 276 g/mol. The third kappa shape index (κ3) is 3.32. The topological polar surface area (TPSA) is 50.2 Å². The standard InChI is InChI=1S/C15H24N4O/c1-12(13-3-4-13)19(14-5-6-14)15(20)17-7-2-9-18-10-8-16-11-18/h8,10-14H,2-7,9H2,1H3,(H,17,20)/t12-/m0/s1. The second-order valence-corrected chi connectivity index (χ2v) is 6.10. The van der Waals surface area contributed by atoms with E-state index in [1.807, 2.05) is 17.1 Å². The van der Waals surface area contributed by atoms with E-state index in [0.29, 0.717) is 12.1 Å². The van der Waals surface area contributed by atoms with E-state index in [2.05, 4.69) is 22.1 Å². The van der Waals surface area contributed by atoms with Crippen molar-refractivity contribution < 1.29 is 4.79 Å². The SMILES string of the molecule is C[C@@H](C1CC1)N(C(=O)NCCCn1ccnc1)C1CC1. The van der Waals surface area contributed by atoms with Crippen LogP contribution in [0.5, 0.6) is 0 Å². The molecule has 0 bridgehead atoms. The monoisotopic (exact) mass is 276 g/mol. The molecular weight excluding hydrogens is 252 g/mol. The number of nitrogens with one attached hydrogen (secondary N) is 1. The Bertz CT molecular complexity index is 437. The molecule has 1 aromatic heterocycles. The van der Waals surface area contributed by atoms with E-state index in [1.165, 1.54) is 25.7 Å². The number of urea groups is 1. The first-order valence-corrected chi connectivity index (χ1v) is 7.77. The molecule has 1 aromatic rings. The summed E-state index contributed by atoms with van der Waals surface area (Å²) < 4.78 is 2.04. The van der Waals surface area contributed by atoms with Gasteiger partial charge < -0.3 is 14.8 Å². The van der Waals surface area contributed by atoms with E-state index in [4.69, 9.17) is 0 Å². The lowest BCUT2D eigenvalue weighted by Crippen LogP contribution is -2.47. The molecule has 2 amide bonds. The number of aromatic nitrogens is 2. The van der Waals surface area contributed by atoms with Crippen LogP contribution in [0, 0.1) is 5.92 Å². The summed E-state index contributed by atoms with van der Waals surface area (Å²) in [6.07, 6.45) is 11.4. The second-order valence-electron chi connectivity index (χ2n) is 6.10. The van der Waals surface area contributed by atoms with Crippen LogP contribution in [0.2, 0.25) is 0 Å². The summed E-state index contributed by atoms with van der Waals surface area (Å²) in [6.45, 7) is 3.85. The highest BCUT2D eigenvalue weighted by Crippen LogP contribution is 2.39. The van der Waals surface area contributed by atoms with Gasteiger partial charge in [0.25, 0.3) is 0 Å². The molecule has 0 saturated heterocycles. The predicted molar refractivity (Wildman–Crippen MR) is 77.3 cm³/mol. The van der Waals surface area contributed by atoms with Gasteiger partial charge in [0, 0.05) is 37.6 Å². The molecule has 3 rings (SSSR count). The van der Waals surface area contributed by atoms with Gasteiger partial charge in [-0.05, 0) is 44.9 Å². The lowest BCUT2D eigenvalue weighted by molar-refractivity contribution is 0.167. The number of hydrogen-bond donors (Lipinski definition) is 1. The van der Waals surface area contributed by atoms with E-state index in [1.54, 1.807) is 6.20 Å². The average Bonchev–Trinajstić information content (AvgIpc) is 3.35. The number of amides is 2. The Morgan fingerprint density at radius 2 is 2.25 bits per heavy atom. The van der Waals surface area contributed by atoms with Crippen LogP contribution in [0.25, 0.3) is 0 Å². The Balaban J connectivity index is 1.42. The molecule has 2 aliphatic carbocycles. The largest absolute Gasteiger partial charge is 0.338 e. The molecule has 1 heterocycles. The molecule has 5 nitrogen and oxygen atoms in total. The van der Waals surface area contributed by atoms with Crippen LogP contribution < -0.4 is 5.32 Å². The zero-order valence-corrected chi connectivity index (χ0v) is 12.2. The van der Waals surface area contributed by atoms with Gasteiger partial charge in [0.2, 0.25) is 0 Å². The van der Waals surface area contributed by atoms with Crippen molar-refractivity contribution in [3.63, 3.8) is 0 Å². The fraction of sp³-hybridized carbons (Fsp3) is 0.733. The smallest absolute Gasteiger partial charge is 0.317 e. The zero-order chi connectivity index (χ0) is 13.9. The van der Waals surface area contributed by atoms with Crippen molar-refractivity contribution >= 4 is 6.03 Å². The Morgan fingerprint density at radius 3 is 2.85 bits per heavy atom. The molecule has 0 unspecified atom stereocenters. The summed E-state index contributed by atoms with van der Waals surface area (Å²) in [5.41, 5.74) is 0. The highest BCUT2D eigenvalue weighted by atomic mass is 16.2. The maximum atomic E-state index is 12.4.